The lowest BCUT2D eigenvalue weighted by molar-refractivity contribution is 0.506. The molecule has 1 fully saturated rings. The van der Waals surface area contributed by atoms with Crippen LogP contribution in [0, 0.1) is 5.92 Å². The molecule has 104 valence electrons. The molecule has 1 saturated carbocycles. The van der Waals surface area contributed by atoms with Crippen molar-refractivity contribution in [3.63, 3.8) is 0 Å². The summed E-state index contributed by atoms with van der Waals surface area (Å²) in [6, 6.07) is 4.47. The quantitative estimate of drug-likeness (QED) is 0.469. The van der Waals surface area contributed by atoms with Gasteiger partial charge in [-0.3, -0.25) is 0 Å². The summed E-state index contributed by atoms with van der Waals surface area (Å²) in [5.41, 5.74) is 1.07. The number of rotatable bonds is 6. The first-order valence-corrected chi connectivity index (χ1v) is 6.87. The fourth-order valence-electron chi connectivity index (χ4n) is 1.82. The number of furan rings is 1. The molecular weight excluding hydrogens is 238 g/mol. The van der Waals surface area contributed by atoms with Crippen LogP contribution in [-0.2, 0) is 6.42 Å². The molecule has 0 saturated heterocycles. The van der Waals surface area contributed by atoms with Gasteiger partial charge in [0.25, 0.3) is 0 Å². The van der Waals surface area contributed by atoms with Crippen LogP contribution in [0.4, 0.5) is 0 Å². The van der Waals surface area contributed by atoms with Gasteiger partial charge >= 0.3 is 0 Å². The highest BCUT2D eigenvalue weighted by molar-refractivity contribution is 5.80. The van der Waals surface area contributed by atoms with E-state index in [9.17, 15) is 0 Å². The van der Waals surface area contributed by atoms with Crippen molar-refractivity contribution in [3.05, 3.63) is 36.3 Å². The Bertz CT molecular complexity index is 436. The summed E-state index contributed by atoms with van der Waals surface area (Å²) in [7, 11) is 0. The molecule has 1 aliphatic carbocycles. The van der Waals surface area contributed by atoms with Gasteiger partial charge in [0.15, 0.2) is 5.96 Å². The average Bonchev–Trinajstić information content (AvgIpc) is 2.85. The molecule has 2 atom stereocenters. The van der Waals surface area contributed by atoms with Crippen molar-refractivity contribution in [2.75, 3.05) is 13.1 Å². The van der Waals surface area contributed by atoms with Crippen molar-refractivity contribution in [1.29, 1.82) is 0 Å². The van der Waals surface area contributed by atoms with Crippen molar-refractivity contribution in [3.8, 4) is 0 Å². The maximum Gasteiger partial charge on any atom is 0.191 e. The molecule has 0 spiro atoms. The molecule has 4 heteroatoms. The van der Waals surface area contributed by atoms with Crippen LogP contribution in [0.25, 0.3) is 0 Å². The summed E-state index contributed by atoms with van der Waals surface area (Å²) in [6.07, 6.45) is 3.79. The molecule has 2 unspecified atom stereocenters. The molecule has 2 rings (SSSR count). The van der Waals surface area contributed by atoms with E-state index in [2.05, 4.69) is 29.1 Å². The zero-order valence-corrected chi connectivity index (χ0v) is 11.8. The molecule has 1 aromatic rings. The monoisotopic (exact) mass is 261 g/mol. The maximum absolute atomic E-state index is 5.31. The molecule has 0 aliphatic heterocycles. The van der Waals surface area contributed by atoms with Crippen molar-refractivity contribution < 1.29 is 4.42 Å². The molecule has 1 aromatic heterocycles. The van der Waals surface area contributed by atoms with Crippen LogP contribution in [0.1, 0.15) is 26.0 Å². The smallest absolute Gasteiger partial charge is 0.191 e. The number of nitrogens with zero attached hydrogens (tertiary/aromatic N) is 1. The van der Waals surface area contributed by atoms with E-state index >= 15 is 0 Å². The van der Waals surface area contributed by atoms with E-state index in [1.54, 1.807) is 6.26 Å². The average molecular weight is 261 g/mol. The fraction of sp³-hybridized carbons (Fsp3) is 0.533. The van der Waals surface area contributed by atoms with E-state index in [1.807, 2.05) is 19.1 Å². The Labute approximate surface area is 115 Å². The highest BCUT2D eigenvalue weighted by Gasteiger charge is 2.33. The molecule has 0 aromatic carbocycles. The Morgan fingerprint density at radius 2 is 2.37 bits per heavy atom. The first-order valence-electron chi connectivity index (χ1n) is 6.87. The van der Waals surface area contributed by atoms with E-state index in [4.69, 9.17) is 4.42 Å². The molecule has 0 radical (unpaired) electrons. The van der Waals surface area contributed by atoms with E-state index in [0.717, 1.165) is 36.2 Å². The predicted molar refractivity (Wildman–Crippen MR) is 78.2 cm³/mol. The Kier molecular flexibility index (Phi) is 4.66. The highest BCUT2D eigenvalue weighted by Crippen LogP contribution is 2.28. The van der Waals surface area contributed by atoms with Crippen molar-refractivity contribution in [1.82, 2.24) is 10.6 Å². The van der Waals surface area contributed by atoms with E-state index < -0.39 is 0 Å². The second kappa shape index (κ2) is 6.45. The van der Waals surface area contributed by atoms with E-state index in [0.29, 0.717) is 12.6 Å². The summed E-state index contributed by atoms with van der Waals surface area (Å²) in [6.45, 7) is 9.60. The Hall–Kier alpha value is -1.71. The fourth-order valence-corrected chi connectivity index (χ4v) is 1.82. The normalized spacial score (nSPS) is 22.1. The molecule has 0 bridgehead atoms. The van der Waals surface area contributed by atoms with Crippen molar-refractivity contribution in [2.45, 2.75) is 32.7 Å². The Morgan fingerprint density at radius 3 is 2.95 bits per heavy atom. The SMILES string of the molecule is C=C(C)CN=C(NCCc1ccco1)NC1CC1C. The Balaban J connectivity index is 1.78. The highest BCUT2D eigenvalue weighted by atomic mass is 16.3. The van der Waals surface area contributed by atoms with Crippen molar-refractivity contribution >= 4 is 5.96 Å². The third-order valence-electron chi connectivity index (χ3n) is 3.18. The lowest BCUT2D eigenvalue weighted by atomic mass is 10.3. The van der Waals surface area contributed by atoms with E-state index in [-0.39, 0.29) is 0 Å². The summed E-state index contributed by atoms with van der Waals surface area (Å²) in [5.74, 6) is 2.62. The van der Waals surface area contributed by atoms with Crippen LogP contribution in [-0.4, -0.2) is 25.1 Å². The number of hydrogen-bond donors (Lipinski definition) is 2. The van der Waals surface area contributed by atoms with E-state index in [1.165, 1.54) is 6.42 Å². The lowest BCUT2D eigenvalue weighted by Gasteiger charge is -2.12. The minimum Gasteiger partial charge on any atom is -0.469 e. The summed E-state index contributed by atoms with van der Waals surface area (Å²) in [4.78, 5) is 4.52. The largest absolute Gasteiger partial charge is 0.469 e. The second-order valence-corrected chi connectivity index (χ2v) is 5.34. The van der Waals surface area contributed by atoms with Crippen LogP contribution in [0.2, 0.25) is 0 Å². The van der Waals surface area contributed by atoms with Gasteiger partial charge in [-0.1, -0.05) is 19.1 Å². The molecule has 1 heterocycles. The molecule has 0 amide bonds. The summed E-state index contributed by atoms with van der Waals surface area (Å²) < 4.78 is 5.31. The van der Waals surface area contributed by atoms with Gasteiger partial charge in [-0.25, -0.2) is 4.99 Å². The minimum absolute atomic E-state index is 0.569. The molecule has 2 N–H and O–H groups in total. The molecule has 1 aliphatic rings. The topological polar surface area (TPSA) is 49.6 Å². The number of guanidine groups is 1. The maximum atomic E-state index is 5.31. The molecule has 19 heavy (non-hydrogen) atoms. The number of aliphatic imine (C=N–C) groups is 1. The zero-order valence-electron chi connectivity index (χ0n) is 11.8. The van der Waals surface area contributed by atoms with Crippen LogP contribution in [0.15, 0.2) is 40.0 Å². The van der Waals surface area contributed by atoms with Gasteiger partial charge in [0.1, 0.15) is 5.76 Å². The van der Waals surface area contributed by atoms with Gasteiger partial charge in [-0.15, -0.1) is 0 Å². The summed E-state index contributed by atoms with van der Waals surface area (Å²) >= 11 is 0. The van der Waals surface area contributed by atoms with Gasteiger partial charge in [0.2, 0.25) is 0 Å². The first-order chi connectivity index (χ1) is 9.15. The lowest BCUT2D eigenvalue weighted by Crippen LogP contribution is -2.40. The van der Waals surface area contributed by atoms with Gasteiger partial charge in [-0.2, -0.15) is 0 Å². The molecular formula is C15H23N3O. The molecule has 4 nitrogen and oxygen atoms in total. The number of hydrogen-bond acceptors (Lipinski definition) is 2. The third kappa shape index (κ3) is 4.81. The van der Waals surface area contributed by atoms with Gasteiger partial charge in [-0.05, 0) is 31.4 Å². The van der Waals surface area contributed by atoms with Crippen molar-refractivity contribution in [2.24, 2.45) is 10.9 Å². The standard InChI is InChI=1S/C15H23N3O/c1-11(2)10-17-15(18-14-9-12(14)3)16-7-6-13-5-4-8-19-13/h4-5,8,12,14H,1,6-7,9-10H2,2-3H3,(H2,16,17,18). The predicted octanol–water partition coefficient (Wildman–Crippen LogP) is 2.34. The van der Waals surface area contributed by atoms with Crippen LogP contribution in [0.5, 0.6) is 0 Å². The number of nitrogens with one attached hydrogen (secondary N) is 2. The minimum atomic E-state index is 0.569. The van der Waals surface area contributed by atoms with Gasteiger partial charge in [0.05, 0.1) is 12.8 Å². The second-order valence-electron chi connectivity index (χ2n) is 5.34. The van der Waals surface area contributed by atoms with Gasteiger partial charge in [0, 0.05) is 19.0 Å². The zero-order chi connectivity index (χ0) is 13.7. The van der Waals surface area contributed by atoms with Crippen LogP contribution < -0.4 is 10.6 Å². The Morgan fingerprint density at radius 1 is 1.58 bits per heavy atom. The van der Waals surface area contributed by atoms with Crippen LogP contribution in [0.3, 0.4) is 0 Å². The van der Waals surface area contributed by atoms with Crippen LogP contribution >= 0.6 is 0 Å². The van der Waals surface area contributed by atoms with Gasteiger partial charge < -0.3 is 15.1 Å². The first kappa shape index (κ1) is 13.7. The summed E-state index contributed by atoms with van der Waals surface area (Å²) in [5, 5.41) is 6.79. The third-order valence-corrected chi connectivity index (χ3v) is 3.18.